The summed E-state index contributed by atoms with van der Waals surface area (Å²) in [6.45, 7) is 1.89. The van der Waals surface area contributed by atoms with Crippen molar-refractivity contribution >= 4 is 11.8 Å². The molecule has 0 radical (unpaired) electrons. The summed E-state index contributed by atoms with van der Waals surface area (Å²) in [5, 5.41) is 15.9. The fourth-order valence-corrected chi connectivity index (χ4v) is 4.62. The van der Waals surface area contributed by atoms with Crippen LogP contribution in [0.1, 0.15) is 54.5 Å². The van der Waals surface area contributed by atoms with Crippen LogP contribution in [-0.4, -0.2) is 26.5 Å². The second-order valence-electron chi connectivity index (χ2n) is 8.08. The summed E-state index contributed by atoms with van der Waals surface area (Å²) in [7, 11) is 0. The standard InChI is InChI=1S/C21H23FN4O4/c1-12(27)25-21-8-2-3-14(9-21)11-26-19(30)17(28)16(24-20(21)26)18(29)23-10-13-4-6-15(22)7-5-13/h4-7,14,28H,2-3,8-11H2,1H3,(H,23,29)(H,25,27)/t14-,21+/m0/s1. The molecule has 1 aromatic carbocycles. The number of aromatic hydroxyl groups is 1. The molecule has 30 heavy (non-hydrogen) atoms. The monoisotopic (exact) mass is 414 g/mol. The van der Waals surface area contributed by atoms with Crippen molar-refractivity contribution in [2.45, 2.75) is 51.2 Å². The number of halogens is 1. The van der Waals surface area contributed by atoms with Crippen LogP contribution in [-0.2, 0) is 23.4 Å². The van der Waals surface area contributed by atoms with E-state index < -0.39 is 22.8 Å². The lowest BCUT2D eigenvalue weighted by molar-refractivity contribution is -0.122. The summed E-state index contributed by atoms with van der Waals surface area (Å²) in [6.07, 6.45) is 3.04. The molecule has 2 aromatic rings. The first-order valence-electron chi connectivity index (χ1n) is 9.95. The molecule has 0 unspecified atom stereocenters. The minimum atomic E-state index is -0.828. The average molecular weight is 414 g/mol. The van der Waals surface area contributed by atoms with Crippen molar-refractivity contribution in [2.24, 2.45) is 5.92 Å². The van der Waals surface area contributed by atoms with Gasteiger partial charge in [-0.15, -0.1) is 0 Å². The summed E-state index contributed by atoms with van der Waals surface area (Å²) in [5.74, 6) is -1.56. The van der Waals surface area contributed by atoms with Gasteiger partial charge in [-0.2, -0.15) is 0 Å². The van der Waals surface area contributed by atoms with E-state index >= 15 is 0 Å². The predicted octanol–water partition coefficient (Wildman–Crippen LogP) is 1.55. The van der Waals surface area contributed by atoms with Gasteiger partial charge in [-0.05, 0) is 42.9 Å². The van der Waals surface area contributed by atoms with Gasteiger partial charge in [0, 0.05) is 20.0 Å². The lowest BCUT2D eigenvalue weighted by atomic mass is 9.72. The zero-order valence-corrected chi connectivity index (χ0v) is 16.6. The number of carbonyl (C=O) groups excluding carboxylic acids is 2. The van der Waals surface area contributed by atoms with Crippen molar-refractivity contribution in [2.75, 3.05) is 0 Å². The molecule has 2 heterocycles. The number of amides is 2. The number of aromatic nitrogens is 2. The highest BCUT2D eigenvalue weighted by atomic mass is 19.1. The summed E-state index contributed by atoms with van der Waals surface area (Å²) >= 11 is 0. The molecule has 1 aliphatic heterocycles. The van der Waals surface area contributed by atoms with Crippen LogP contribution < -0.4 is 16.2 Å². The molecule has 2 bridgehead atoms. The van der Waals surface area contributed by atoms with Gasteiger partial charge in [-0.3, -0.25) is 19.0 Å². The highest BCUT2D eigenvalue weighted by Gasteiger charge is 2.46. The first-order chi connectivity index (χ1) is 14.3. The zero-order chi connectivity index (χ0) is 21.5. The Morgan fingerprint density at radius 3 is 2.77 bits per heavy atom. The molecule has 158 valence electrons. The molecular weight excluding hydrogens is 391 g/mol. The second-order valence-corrected chi connectivity index (χ2v) is 8.08. The van der Waals surface area contributed by atoms with Crippen LogP contribution in [0.5, 0.6) is 5.75 Å². The Balaban J connectivity index is 1.69. The van der Waals surface area contributed by atoms with E-state index in [0.717, 1.165) is 12.8 Å². The van der Waals surface area contributed by atoms with Crippen molar-refractivity contribution in [1.82, 2.24) is 20.2 Å². The molecular formula is C21H23FN4O4. The smallest absolute Gasteiger partial charge is 0.296 e. The largest absolute Gasteiger partial charge is 0.501 e. The van der Waals surface area contributed by atoms with Crippen LogP contribution in [0.25, 0.3) is 0 Å². The highest BCUT2D eigenvalue weighted by Crippen LogP contribution is 2.43. The fraction of sp³-hybridized carbons (Fsp3) is 0.429. The van der Waals surface area contributed by atoms with Crippen molar-refractivity contribution in [1.29, 1.82) is 0 Å². The van der Waals surface area contributed by atoms with Gasteiger partial charge in [0.15, 0.2) is 5.69 Å². The Kier molecular flexibility index (Phi) is 5.05. The molecule has 2 aliphatic rings. The molecule has 2 amide bonds. The molecule has 1 fully saturated rings. The molecule has 0 saturated heterocycles. The van der Waals surface area contributed by atoms with Gasteiger partial charge in [0.25, 0.3) is 11.5 Å². The Morgan fingerprint density at radius 1 is 1.33 bits per heavy atom. The first-order valence-corrected chi connectivity index (χ1v) is 9.95. The topological polar surface area (TPSA) is 113 Å². The van der Waals surface area contributed by atoms with Crippen LogP contribution in [0.3, 0.4) is 0 Å². The van der Waals surface area contributed by atoms with Crippen molar-refractivity contribution in [3.63, 3.8) is 0 Å². The SMILES string of the molecule is CC(=O)N[C@@]12CCC[C@H](Cn3c1nc(C(=O)NCc1ccc(F)cc1)c(O)c3=O)C2. The third-order valence-corrected chi connectivity index (χ3v) is 5.86. The molecule has 1 saturated carbocycles. The van der Waals surface area contributed by atoms with Gasteiger partial charge >= 0.3 is 0 Å². The third-order valence-electron chi connectivity index (χ3n) is 5.86. The van der Waals surface area contributed by atoms with Gasteiger partial charge < -0.3 is 15.7 Å². The second kappa shape index (κ2) is 7.55. The number of nitrogens with zero attached hydrogens (tertiary/aromatic N) is 2. The number of hydrogen-bond donors (Lipinski definition) is 3. The third kappa shape index (κ3) is 3.55. The molecule has 0 spiro atoms. The van der Waals surface area contributed by atoms with Crippen LogP contribution in [0.4, 0.5) is 4.39 Å². The Bertz CT molecular complexity index is 1070. The summed E-state index contributed by atoms with van der Waals surface area (Å²) in [4.78, 5) is 41.8. The van der Waals surface area contributed by atoms with Gasteiger partial charge in [-0.25, -0.2) is 9.37 Å². The van der Waals surface area contributed by atoms with Gasteiger partial charge in [0.2, 0.25) is 11.7 Å². The van der Waals surface area contributed by atoms with E-state index in [1.807, 2.05) is 0 Å². The fourth-order valence-electron chi connectivity index (χ4n) is 4.62. The van der Waals surface area contributed by atoms with Gasteiger partial charge in [0.05, 0.1) is 5.54 Å². The Hall–Kier alpha value is -3.23. The normalized spacial score (nSPS) is 22.1. The molecule has 9 heteroatoms. The number of carbonyl (C=O) groups is 2. The van der Waals surface area contributed by atoms with E-state index in [2.05, 4.69) is 15.6 Å². The molecule has 1 aromatic heterocycles. The van der Waals surface area contributed by atoms with E-state index in [4.69, 9.17) is 0 Å². The number of benzene rings is 1. The minimum Gasteiger partial charge on any atom is -0.501 e. The maximum absolute atomic E-state index is 13.0. The van der Waals surface area contributed by atoms with Crippen molar-refractivity contribution in [3.8, 4) is 5.75 Å². The van der Waals surface area contributed by atoms with E-state index in [1.165, 1.54) is 35.8 Å². The maximum atomic E-state index is 13.0. The van der Waals surface area contributed by atoms with E-state index in [0.29, 0.717) is 30.8 Å². The highest BCUT2D eigenvalue weighted by molar-refractivity contribution is 5.94. The molecule has 8 nitrogen and oxygen atoms in total. The van der Waals surface area contributed by atoms with Crippen molar-refractivity contribution in [3.05, 3.63) is 57.5 Å². The number of nitrogens with one attached hydrogen (secondary N) is 2. The van der Waals surface area contributed by atoms with Crippen LogP contribution in [0, 0.1) is 11.7 Å². The number of fused-ring (bicyclic) bond motifs is 4. The zero-order valence-electron chi connectivity index (χ0n) is 16.6. The average Bonchev–Trinajstić information content (AvgIpc) is 2.70. The van der Waals surface area contributed by atoms with Crippen LogP contribution >= 0.6 is 0 Å². The molecule has 4 rings (SSSR count). The van der Waals surface area contributed by atoms with Crippen LogP contribution in [0.15, 0.2) is 29.1 Å². The van der Waals surface area contributed by atoms with Gasteiger partial charge in [-0.1, -0.05) is 18.6 Å². The molecule has 1 aliphatic carbocycles. The van der Waals surface area contributed by atoms with Crippen LogP contribution in [0.2, 0.25) is 0 Å². The summed E-state index contributed by atoms with van der Waals surface area (Å²) in [5.41, 5.74) is -1.23. The first kappa shape index (κ1) is 20.1. The Morgan fingerprint density at radius 2 is 2.07 bits per heavy atom. The maximum Gasteiger partial charge on any atom is 0.296 e. The quantitative estimate of drug-likeness (QED) is 0.703. The summed E-state index contributed by atoms with van der Waals surface area (Å²) in [6, 6.07) is 5.61. The molecule has 3 N–H and O–H groups in total. The minimum absolute atomic E-state index is 0.0809. The van der Waals surface area contributed by atoms with E-state index in [1.54, 1.807) is 0 Å². The lowest BCUT2D eigenvalue weighted by Crippen LogP contribution is -2.55. The summed E-state index contributed by atoms with van der Waals surface area (Å²) < 4.78 is 14.4. The predicted molar refractivity (Wildman–Crippen MR) is 105 cm³/mol. The lowest BCUT2D eigenvalue weighted by Gasteiger charge is -2.46. The van der Waals surface area contributed by atoms with Gasteiger partial charge in [0.1, 0.15) is 11.6 Å². The van der Waals surface area contributed by atoms with E-state index in [-0.39, 0.29) is 29.9 Å². The number of hydrogen-bond acceptors (Lipinski definition) is 5. The van der Waals surface area contributed by atoms with E-state index in [9.17, 15) is 23.9 Å². The van der Waals surface area contributed by atoms with Crippen molar-refractivity contribution < 1.29 is 19.1 Å². The number of rotatable bonds is 4. The Labute approximate surface area is 172 Å². The molecule has 2 atom stereocenters.